The van der Waals surface area contributed by atoms with E-state index >= 15 is 0 Å². The van der Waals surface area contributed by atoms with Crippen LogP contribution in [0.15, 0.2) is 0 Å². The molecule has 2 aliphatic rings. The van der Waals surface area contributed by atoms with Gasteiger partial charge in [-0.2, -0.15) is 5.26 Å². The normalized spacial score (nSPS) is 20.2. The maximum absolute atomic E-state index is 11.8. The van der Waals surface area contributed by atoms with Crippen LogP contribution in [0.4, 0.5) is 0 Å². The quantitative estimate of drug-likeness (QED) is 0.286. The zero-order chi connectivity index (χ0) is 18.3. The number of hydrogen-bond acceptors (Lipinski definition) is 4. The third kappa shape index (κ3) is 5.43. The van der Waals surface area contributed by atoms with E-state index in [1.165, 1.54) is 0 Å². The minimum Gasteiger partial charge on any atom is -0.393 e. The molecular weight excluding hydrogens is 318 g/mol. The van der Waals surface area contributed by atoms with Crippen molar-refractivity contribution in [3.63, 3.8) is 0 Å². The maximum atomic E-state index is 11.8. The van der Waals surface area contributed by atoms with E-state index in [-0.39, 0.29) is 28.7 Å². The van der Waals surface area contributed by atoms with Gasteiger partial charge in [0.15, 0.2) is 6.19 Å². The van der Waals surface area contributed by atoms with Gasteiger partial charge in [0, 0.05) is 12.5 Å². The maximum Gasteiger partial charge on any atom is 0.239 e. The third-order valence-corrected chi connectivity index (χ3v) is 5.95. The highest BCUT2D eigenvalue weighted by Crippen LogP contribution is 2.50. The SMILES string of the molecule is CNC(=O)C1(CCCCC(O)CCCCC2(C(=O)NC#N)CC2)CC1. The number of aliphatic hydroxyl groups is 1. The number of rotatable bonds is 12. The van der Waals surface area contributed by atoms with Crippen molar-refractivity contribution in [3.05, 3.63) is 0 Å². The van der Waals surface area contributed by atoms with Crippen molar-refractivity contribution < 1.29 is 14.7 Å². The van der Waals surface area contributed by atoms with Gasteiger partial charge >= 0.3 is 0 Å². The molecule has 0 bridgehead atoms. The largest absolute Gasteiger partial charge is 0.393 e. The first-order valence-electron chi connectivity index (χ1n) is 9.58. The van der Waals surface area contributed by atoms with Gasteiger partial charge in [-0.05, 0) is 51.4 Å². The zero-order valence-corrected chi connectivity index (χ0v) is 15.3. The monoisotopic (exact) mass is 349 g/mol. The smallest absolute Gasteiger partial charge is 0.239 e. The summed E-state index contributed by atoms with van der Waals surface area (Å²) in [6, 6.07) is 0. The van der Waals surface area contributed by atoms with E-state index in [9.17, 15) is 14.7 Å². The molecule has 140 valence electrons. The van der Waals surface area contributed by atoms with Crippen LogP contribution in [0.5, 0.6) is 0 Å². The molecule has 2 amide bonds. The number of unbranched alkanes of at least 4 members (excludes halogenated alkanes) is 2. The number of hydrogen-bond donors (Lipinski definition) is 3. The lowest BCUT2D eigenvalue weighted by Gasteiger charge is -2.15. The van der Waals surface area contributed by atoms with Gasteiger partial charge < -0.3 is 10.4 Å². The topological polar surface area (TPSA) is 102 Å². The lowest BCUT2D eigenvalue weighted by molar-refractivity contribution is -0.126. The Bertz CT molecular complexity index is 518. The summed E-state index contributed by atoms with van der Waals surface area (Å²) < 4.78 is 0. The van der Waals surface area contributed by atoms with Crippen LogP contribution >= 0.6 is 0 Å². The molecule has 0 radical (unpaired) electrons. The van der Waals surface area contributed by atoms with Gasteiger partial charge in [0.2, 0.25) is 11.8 Å². The number of carbonyl (C=O) groups excluding carboxylic acids is 2. The molecule has 0 saturated heterocycles. The Morgan fingerprint density at radius 2 is 1.48 bits per heavy atom. The second kappa shape index (κ2) is 8.66. The van der Waals surface area contributed by atoms with Crippen molar-refractivity contribution in [1.82, 2.24) is 10.6 Å². The van der Waals surface area contributed by atoms with Crippen molar-refractivity contribution >= 4 is 11.8 Å². The molecule has 2 saturated carbocycles. The van der Waals surface area contributed by atoms with Gasteiger partial charge in [-0.15, -0.1) is 0 Å². The summed E-state index contributed by atoms with van der Waals surface area (Å²) in [5, 5.41) is 23.6. The molecule has 2 aliphatic carbocycles. The summed E-state index contributed by atoms with van der Waals surface area (Å²) in [5.41, 5.74) is -0.415. The first kappa shape index (κ1) is 19.7. The Labute approximate surface area is 150 Å². The summed E-state index contributed by atoms with van der Waals surface area (Å²) in [6.07, 6.45) is 12.2. The average Bonchev–Trinajstić information content (AvgIpc) is 3.51. The molecule has 0 aromatic carbocycles. The number of carbonyl (C=O) groups is 2. The van der Waals surface area contributed by atoms with Gasteiger partial charge in [-0.25, -0.2) is 0 Å². The minimum absolute atomic E-state index is 0.109. The Hall–Kier alpha value is -1.61. The molecule has 2 rings (SSSR count). The fraction of sp³-hybridized carbons (Fsp3) is 0.842. The molecule has 3 N–H and O–H groups in total. The van der Waals surface area contributed by atoms with Gasteiger partial charge in [-0.1, -0.05) is 25.7 Å². The fourth-order valence-electron chi connectivity index (χ4n) is 3.76. The number of amides is 2. The van der Waals surface area contributed by atoms with Crippen LogP contribution in [-0.2, 0) is 9.59 Å². The highest BCUT2D eigenvalue weighted by Gasteiger charge is 2.49. The summed E-state index contributed by atoms with van der Waals surface area (Å²) in [4.78, 5) is 23.5. The Morgan fingerprint density at radius 3 is 1.88 bits per heavy atom. The van der Waals surface area contributed by atoms with Crippen LogP contribution < -0.4 is 10.6 Å². The van der Waals surface area contributed by atoms with E-state index in [1.54, 1.807) is 13.2 Å². The summed E-state index contributed by atoms with van der Waals surface area (Å²) in [7, 11) is 1.70. The van der Waals surface area contributed by atoms with Crippen LogP contribution in [0, 0.1) is 22.3 Å². The second-order valence-electron chi connectivity index (χ2n) is 7.85. The lowest BCUT2D eigenvalue weighted by atomic mass is 9.94. The molecule has 6 heteroatoms. The molecule has 0 spiro atoms. The number of nitriles is 1. The summed E-state index contributed by atoms with van der Waals surface area (Å²) >= 11 is 0. The van der Waals surface area contributed by atoms with E-state index in [0.717, 1.165) is 77.0 Å². The lowest BCUT2D eigenvalue weighted by Crippen LogP contribution is -2.28. The Morgan fingerprint density at radius 1 is 1.00 bits per heavy atom. The summed E-state index contributed by atoms with van der Waals surface area (Å²) in [6.45, 7) is 0. The van der Waals surface area contributed by atoms with Crippen LogP contribution in [-0.4, -0.2) is 30.1 Å². The van der Waals surface area contributed by atoms with Crippen LogP contribution in [0.25, 0.3) is 0 Å². The molecule has 1 unspecified atom stereocenters. The van der Waals surface area contributed by atoms with Gasteiger partial charge in [0.05, 0.1) is 11.5 Å². The zero-order valence-electron chi connectivity index (χ0n) is 15.3. The molecule has 2 fully saturated rings. The van der Waals surface area contributed by atoms with E-state index in [0.29, 0.717) is 0 Å². The van der Waals surface area contributed by atoms with E-state index in [2.05, 4.69) is 10.6 Å². The van der Waals surface area contributed by atoms with Crippen LogP contribution in [0.2, 0.25) is 0 Å². The van der Waals surface area contributed by atoms with Gasteiger partial charge in [-0.3, -0.25) is 14.9 Å². The van der Waals surface area contributed by atoms with E-state index in [4.69, 9.17) is 5.26 Å². The summed E-state index contributed by atoms with van der Waals surface area (Å²) in [5.74, 6) is 0.0307. The van der Waals surface area contributed by atoms with Gasteiger partial charge in [0.1, 0.15) is 0 Å². The van der Waals surface area contributed by atoms with E-state index < -0.39 is 0 Å². The minimum atomic E-state index is -0.306. The first-order chi connectivity index (χ1) is 12.0. The standard InChI is InChI=1S/C19H31N3O3/c1-21-16(24)18(10-11-18)8-4-2-6-15(23)7-3-5-9-19(12-13-19)17(25)22-14-20/h15,23H,2-13H2,1H3,(H,21,24)(H,22,25). The van der Waals surface area contributed by atoms with Crippen molar-refractivity contribution in [3.8, 4) is 6.19 Å². The van der Waals surface area contributed by atoms with Crippen molar-refractivity contribution in [2.24, 2.45) is 10.8 Å². The van der Waals surface area contributed by atoms with E-state index in [1.807, 2.05) is 0 Å². The van der Waals surface area contributed by atoms with Crippen molar-refractivity contribution in [2.45, 2.75) is 83.2 Å². The Balaban J connectivity index is 1.51. The van der Waals surface area contributed by atoms with Crippen LogP contribution in [0.1, 0.15) is 77.0 Å². The highest BCUT2D eigenvalue weighted by molar-refractivity contribution is 5.86. The molecule has 0 aromatic rings. The number of aliphatic hydroxyl groups excluding tert-OH is 1. The van der Waals surface area contributed by atoms with Gasteiger partial charge in [0.25, 0.3) is 0 Å². The number of nitrogens with one attached hydrogen (secondary N) is 2. The number of nitrogens with zero attached hydrogens (tertiary/aromatic N) is 1. The molecule has 25 heavy (non-hydrogen) atoms. The van der Waals surface area contributed by atoms with Crippen molar-refractivity contribution in [1.29, 1.82) is 5.26 Å². The second-order valence-corrected chi connectivity index (χ2v) is 7.85. The van der Waals surface area contributed by atoms with Crippen LogP contribution in [0.3, 0.4) is 0 Å². The fourth-order valence-corrected chi connectivity index (χ4v) is 3.76. The predicted octanol–water partition coefficient (Wildman–Crippen LogP) is 2.37. The Kier molecular flexibility index (Phi) is 6.83. The average molecular weight is 349 g/mol. The molecule has 0 heterocycles. The highest BCUT2D eigenvalue weighted by atomic mass is 16.3. The molecule has 6 nitrogen and oxygen atoms in total. The predicted molar refractivity (Wildman–Crippen MR) is 94.1 cm³/mol. The third-order valence-electron chi connectivity index (χ3n) is 5.95. The van der Waals surface area contributed by atoms with Crippen molar-refractivity contribution in [2.75, 3.05) is 7.05 Å². The molecule has 1 atom stereocenters. The molecule has 0 aromatic heterocycles. The molecular formula is C19H31N3O3. The first-order valence-corrected chi connectivity index (χ1v) is 9.58. The molecule has 0 aliphatic heterocycles.